The first-order chi connectivity index (χ1) is 12.9. The van der Waals surface area contributed by atoms with Crippen molar-refractivity contribution in [3.05, 3.63) is 54.1 Å². The van der Waals surface area contributed by atoms with Gasteiger partial charge < -0.3 is 14.8 Å². The highest BCUT2D eigenvalue weighted by Gasteiger charge is 2.13. The van der Waals surface area contributed by atoms with Crippen LogP contribution in [0.4, 0.5) is 0 Å². The van der Waals surface area contributed by atoms with Gasteiger partial charge >= 0.3 is 0 Å². The molecule has 2 aromatic rings. The fraction of sp³-hybridized carbons (Fsp3) is 0.316. The van der Waals surface area contributed by atoms with Gasteiger partial charge in [-0.1, -0.05) is 19.1 Å². The molecule has 146 valence electrons. The molecule has 0 aliphatic rings. The van der Waals surface area contributed by atoms with E-state index in [0.29, 0.717) is 25.3 Å². The van der Waals surface area contributed by atoms with E-state index in [1.54, 1.807) is 7.11 Å². The Morgan fingerprint density at radius 1 is 1.00 bits per heavy atom. The average Bonchev–Trinajstić information content (AvgIpc) is 2.70. The lowest BCUT2D eigenvalue weighted by molar-refractivity contribution is -0.123. The van der Waals surface area contributed by atoms with Gasteiger partial charge in [0.15, 0.2) is 6.61 Å². The van der Waals surface area contributed by atoms with E-state index in [-0.39, 0.29) is 17.4 Å². The SMILES string of the molecule is CCCNS(=O)(=O)c1ccc(OCC(=O)NCc2ccc(OC)cc2)cc1. The summed E-state index contributed by atoms with van der Waals surface area (Å²) in [5.74, 6) is 0.903. The minimum atomic E-state index is -3.51. The summed E-state index contributed by atoms with van der Waals surface area (Å²) in [5.41, 5.74) is 0.943. The van der Waals surface area contributed by atoms with Crippen LogP contribution in [-0.4, -0.2) is 34.6 Å². The minimum absolute atomic E-state index is 0.156. The van der Waals surface area contributed by atoms with Crippen LogP contribution in [0.5, 0.6) is 11.5 Å². The first-order valence-electron chi connectivity index (χ1n) is 8.56. The molecular formula is C19H24N2O5S. The standard InChI is InChI=1S/C19H24N2O5S/c1-3-12-21-27(23,24)18-10-8-17(9-11-18)26-14-19(22)20-13-15-4-6-16(25-2)7-5-15/h4-11,21H,3,12-14H2,1-2H3,(H,20,22). The topological polar surface area (TPSA) is 93.7 Å². The van der Waals surface area contributed by atoms with E-state index in [2.05, 4.69) is 10.0 Å². The Morgan fingerprint density at radius 2 is 1.63 bits per heavy atom. The van der Waals surface area contributed by atoms with E-state index in [1.165, 1.54) is 24.3 Å². The number of nitrogens with one attached hydrogen (secondary N) is 2. The molecule has 2 aromatic carbocycles. The van der Waals surface area contributed by atoms with E-state index in [0.717, 1.165) is 11.3 Å². The number of hydrogen-bond acceptors (Lipinski definition) is 5. The van der Waals surface area contributed by atoms with Gasteiger partial charge in [-0.15, -0.1) is 0 Å². The molecule has 0 saturated carbocycles. The van der Waals surface area contributed by atoms with Crippen molar-refractivity contribution < 1.29 is 22.7 Å². The second-order valence-electron chi connectivity index (χ2n) is 5.78. The number of sulfonamides is 1. The van der Waals surface area contributed by atoms with Gasteiger partial charge in [0.05, 0.1) is 12.0 Å². The molecule has 0 fully saturated rings. The van der Waals surface area contributed by atoms with Crippen molar-refractivity contribution in [3.63, 3.8) is 0 Å². The summed E-state index contributed by atoms with van der Waals surface area (Å²) >= 11 is 0. The molecular weight excluding hydrogens is 368 g/mol. The summed E-state index contributed by atoms with van der Waals surface area (Å²) in [7, 11) is -1.91. The zero-order valence-electron chi connectivity index (χ0n) is 15.4. The highest BCUT2D eigenvalue weighted by molar-refractivity contribution is 7.89. The van der Waals surface area contributed by atoms with Crippen LogP contribution >= 0.6 is 0 Å². The highest BCUT2D eigenvalue weighted by Crippen LogP contribution is 2.16. The van der Waals surface area contributed by atoms with Gasteiger partial charge in [0, 0.05) is 13.1 Å². The van der Waals surface area contributed by atoms with Gasteiger partial charge in [-0.2, -0.15) is 0 Å². The molecule has 2 N–H and O–H groups in total. The van der Waals surface area contributed by atoms with Crippen molar-refractivity contribution in [2.75, 3.05) is 20.3 Å². The molecule has 7 nitrogen and oxygen atoms in total. The van der Waals surface area contributed by atoms with Crippen LogP contribution in [0.3, 0.4) is 0 Å². The number of amides is 1. The lowest BCUT2D eigenvalue weighted by Crippen LogP contribution is -2.28. The predicted molar refractivity (Wildman–Crippen MR) is 102 cm³/mol. The summed E-state index contributed by atoms with van der Waals surface area (Å²) in [6.07, 6.45) is 0.714. The Hall–Kier alpha value is -2.58. The molecule has 0 aromatic heterocycles. The lowest BCUT2D eigenvalue weighted by Gasteiger charge is -2.09. The van der Waals surface area contributed by atoms with Crippen molar-refractivity contribution in [1.82, 2.24) is 10.0 Å². The van der Waals surface area contributed by atoms with Gasteiger partial charge in [0.1, 0.15) is 11.5 Å². The Bertz CT molecular complexity index is 833. The Morgan fingerprint density at radius 3 is 2.22 bits per heavy atom. The fourth-order valence-electron chi connectivity index (χ4n) is 2.18. The number of rotatable bonds is 10. The normalized spacial score (nSPS) is 11.0. The number of hydrogen-bond donors (Lipinski definition) is 2. The van der Waals surface area contributed by atoms with Crippen LogP contribution in [0.25, 0.3) is 0 Å². The largest absolute Gasteiger partial charge is 0.497 e. The molecule has 1 amide bonds. The van der Waals surface area contributed by atoms with Gasteiger partial charge in [-0.05, 0) is 48.4 Å². The number of benzene rings is 2. The van der Waals surface area contributed by atoms with Gasteiger partial charge in [0.25, 0.3) is 5.91 Å². The first kappa shape index (κ1) is 20.7. The van der Waals surface area contributed by atoms with Crippen LogP contribution in [0.15, 0.2) is 53.4 Å². The quantitative estimate of drug-likeness (QED) is 0.646. The smallest absolute Gasteiger partial charge is 0.258 e. The van der Waals surface area contributed by atoms with Gasteiger partial charge in [-0.25, -0.2) is 13.1 Å². The second kappa shape index (κ2) is 9.94. The minimum Gasteiger partial charge on any atom is -0.497 e. The van der Waals surface area contributed by atoms with E-state index in [4.69, 9.17) is 9.47 Å². The van der Waals surface area contributed by atoms with Crippen molar-refractivity contribution in [2.45, 2.75) is 24.8 Å². The molecule has 27 heavy (non-hydrogen) atoms. The van der Waals surface area contributed by atoms with Crippen LogP contribution in [0, 0.1) is 0 Å². The first-order valence-corrected chi connectivity index (χ1v) is 10.0. The van der Waals surface area contributed by atoms with Gasteiger partial charge in [0.2, 0.25) is 10.0 Å². The molecule has 0 bridgehead atoms. The maximum atomic E-state index is 12.0. The third kappa shape index (κ3) is 6.58. The molecule has 0 aliphatic heterocycles. The number of carbonyl (C=O) groups is 1. The monoisotopic (exact) mass is 392 g/mol. The molecule has 2 rings (SSSR count). The second-order valence-corrected chi connectivity index (χ2v) is 7.55. The third-order valence-corrected chi connectivity index (χ3v) is 5.17. The number of ether oxygens (including phenoxy) is 2. The third-order valence-electron chi connectivity index (χ3n) is 3.69. The number of carbonyl (C=O) groups excluding carboxylic acids is 1. The zero-order valence-corrected chi connectivity index (χ0v) is 16.2. The lowest BCUT2D eigenvalue weighted by atomic mass is 10.2. The summed E-state index contributed by atoms with van der Waals surface area (Å²) < 4.78 is 37.0. The van der Waals surface area contributed by atoms with E-state index >= 15 is 0 Å². The summed E-state index contributed by atoms with van der Waals surface area (Å²) in [6, 6.07) is 13.3. The van der Waals surface area contributed by atoms with Crippen LogP contribution < -0.4 is 19.5 Å². The molecule has 0 aliphatic carbocycles. The van der Waals surface area contributed by atoms with E-state index in [9.17, 15) is 13.2 Å². The van der Waals surface area contributed by atoms with Crippen molar-refractivity contribution in [2.24, 2.45) is 0 Å². The predicted octanol–water partition coefficient (Wildman–Crippen LogP) is 2.08. The molecule has 0 spiro atoms. The fourth-order valence-corrected chi connectivity index (χ4v) is 3.31. The molecule has 8 heteroatoms. The Labute approximate surface area is 159 Å². The van der Waals surface area contributed by atoms with Crippen LogP contribution in [0.1, 0.15) is 18.9 Å². The molecule has 0 unspecified atom stereocenters. The Kier molecular flexibility index (Phi) is 7.63. The van der Waals surface area contributed by atoms with Crippen molar-refractivity contribution >= 4 is 15.9 Å². The van der Waals surface area contributed by atoms with E-state index in [1.807, 2.05) is 31.2 Å². The molecule has 0 heterocycles. The average molecular weight is 392 g/mol. The maximum Gasteiger partial charge on any atom is 0.258 e. The number of methoxy groups -OCH3 is 1. The van der Waals surface area contributed by atoms with Gasteiger partial charge in [-0.3, -0.25) is 4.79 Å². The molecule has 0 radical (unpaired) electrons. The summed E-state index contributed by atoms with van der Waals surface area (Å²) in [5, 5.41) is 2.75. The van der Waals surface area contributed by atoms with Crippen LogP contribution in [0.2, 0.25) is 0 Å². The Balaban J connectivity index is 1.80. The maximum absolute atomic E-state index is 12.0. The molecule has 0 saturated heterocycles. The highest BCUT2D eigenvalue weighted by atomic mass is 32.2. The zero-order chi connectivity index (χ0) is 19.7. The van der Waals surface area contributed by atoms with Crippen molar-refractivity contribution in [1.29, 1.82) is 0 Å². The van der Waals surface area contributed by atoms with Crippen LogP contribution in [-0.2, 0) is 21.4 Å². The van der Waals surface area contributed by atoms with Crippen molar-refractivity contribution in [3.8, 4) is 11.5 Å². The summed E-state index contributed by atoms with van der Waals surface area (Å²) in [4.78, 5) is 12.1. The summed E-state index contributed by atoms with van der Waals surface area (Å²) in [6.45, 7) is 2.50. The molecule has 0 atom stereocenters. The van der Waals surface area contributed by atoms with E-state index < -0.39 is 10.0 Å².